The van der Waals surface area contributed by atoms with Gasteiger partial charge in [0.15, 0.2) is 0 Å². The maximum atomic E-state index is 12.2. The fraction of sp³-hybridized carbons (Fsp3) is 0.500. The van der Waals surface area contributed by atoms with Crippen molar-refractivity contribution >= 4 is 23.0 Å². The summed E-state index contributed by atoms with van der Waals surface area (Å²) >= 11 is 6.17. The molecule has 1 N–H and O–H groups in total. The molecule has 0 fully saturated rings. The second kappa shape index (κ2) is 6.76. The molecule has 6 nitrogen and oxygen atoms in total. The summed E-state index contributed by atoms with van der Waals surface area (Å²) in [4.78, 5) is 12.2. The number of nitrogens with zero attached hydrogens (tertiary/aromatic N) is 4. The van der Waals surface area contributed by atoms with Crippen molar-refractivity contribution < 1.29 is 0 Å². The van der Waals surface area contributed by atoms with E-state index in [1.165, 1.54) is 4.68 Å². The Bertz CT molecular complexity index is 676. The van der Waals surface area contributed by atoms with Crippen LogP contribution in [0.2, 0.25) is 5.02 Å². The van der Waals surface area contributed by atoms with Gasteiger partial charge in [-0.2, -0.15) is 10.2 Å². The molecule has 0 aliphatic carbocycles. The fourth-order valence-electron chi connectivity index (χ4n) is 2.06. The van der Waals surface area contributed by atoms with Crippen LogP contribution in [0.4, 0.5) is 11.4 Å². The molecule has 0 spiro atoms. The number of unbranched alkanes of at least 4 members (excludes halogenated alkanes) is 1. The largest absolute Gasteiger partial charge is 0.350 e. The van der Waals surface area contributed by atoms with Crippen molar-refractivity contribution in [3.8, 4) is 0 Å². The topological polar surface area (TPSA) is 64.7 Å². The smallest absolute Gasteiger partial charge is 0.287 e. The molecule has 0 aliphatic heterocycles. The van der Waals surface area contributed by atoms with Crippen LogP contribution in [0.1, 0.15) is 32.4 Å². The molecule has 0 amide bonds. The van der Waals surface area contributed by atoms with Gasteiger partial charge in [-0.3, -0.25) is 9.48 Å². The summed E-state index contributed by atoms with van der Waals surface area (Å²) < 4.78 is 3.13. The Morgan fingerprint density at radius 1 is 1.33 bits per heavy atom. The van der Waals surface area contributed by atoms with Gasteiger partial charge < -0.3 is 5.32 Å². The highest BCUT2D eigenvalue weighted by Gasteiger charge is 2.12. The number of nitrogens with one attached hydrogen (secondary N) is 1. The minimum Gasteiger partial charge on any atom is -0.350 e. The van der Waals surface area contributed by atoms with Crippen LogP contribution in [0.5, 0.6) is 0 Å². The van der Waals surface area contributed by atoms with Crippen LogP contribution in [-0.4, -0.2) is 19.6 Å². The van der Waals surface area contributed by atoms with Gasteiger partial charge in [-0.05, 0) is 12.8 Å². The summed E-state index contributed by atoms with van der Waals surface area (Å²) in [7, 11) is 1.85. The van der Waals surface area contributed by atoms with Crippen LogP contribution < -0.4 is 10.9 Å². The minimum absolute atomic E-state index is 0.159. The summed E-state index contributed by atoms with van der Waals surface area (Å²) in [5, 5.41) is 11.8. The molecular formula is C14H20ClN5O. The van der Waals surface area contributed by atoms with Crippen LogP contribution in [0, 0.1) is 0 Å². The third-order valence-corrected chi connectivity index (χ3v) is 3.58. The predicted octanol–water partition coefficient (Wildman–Crippen LogP) is 2.74. The minimum atomic E-state index is -0.267. The zero-order valence-electron chi connectivity index (χ0n) is 12.6. The molecule has 0 aliphatic rings. The second-order valence-corrected chi connectivity index (χ2v) is 5.27. The lowest BCUT2D eigenvalue weighted by molar-refractivity contribution is 0.543. The Balaban J connectivity index is 2.28. The highest BCUT2D eigenvalue weighted by molar-refractivity contribution is 6.33. The van der Waals surface area contributed by atoms with E-state index in [0.29, 0.717) is 12.2 Å². The average molecular weight is 310 g/mol. The van der Waals surface area contributed by atoms with E-state index >= 15 is 0 Å². The standard InChI is InChI=1S/C14H20ClN5O/c1-4-6-7-20-14(21)13(15)11(8-16-20)17-12-9-19(3)18-10(12)5-2/h8-9,17H,4-7H2,1-3H3. The Morgan fingerprint density at radius 3 is 2.76 bits per heavy atom. The Kier molecular flexibility index (Phi) is 5.01. The molecule has 0 bridgehead atoms. The van der Waals surface area contributed by atoms with E-state index in [1.807, 2.05) is 20.2 Å². The first-order valence-corrected chi connectivity index (χ1v) is 7.49. The average Bonchev–Trinajstić information content (AvgIpc) is 2.83. The summed E-state index contributed by atoms with van der Waals surface area (Å²) in [6.07, 6.45) is 6.14. The molecule has 0 unspecified atom stereocenters. The van der Waals surface area contributed by atoms with E-state index in [9.17, 15) is 4.79 Å². The van der Waals surface area contributed by atoms with Crippen LogP contribution in [-0.2, 0) is 20.0 Å². The van der Waals surface area contributed by atoms with Crippen LogP contribution >= 0.6 is 11.6 Å². The van der Waals surface area contributed by atoms with E-state index < -0.39 is 0 Å². The van der Waals surface area contributed by atoms with E-state index in [1.54, 1.807) is 10.9 Å². The second-order valence-electron chi connectivity index (χ2n) is 4.90. The quantitative estimate of drug-likeness (QED) is 0.891. The van der Waals surface area contributed by atoms with E-state index in [2.05, 4.69) is 22.4 Å². The Hall–Kier alpha value is -1.82. The Labute approximate surface area is 128 Å². The molecule has 7 heteroatoms. The van der Waals surface area contributed by atoms with Gasteiger partial charge in [0, 0.05) is 19.8 Å². The zero-order chi connectivity index (χ0) is 15.4. The van der Waals surface area contributed by atoms with Gasteiger partial charge in [0.1, 0.15) is 5.02 Å². The van der Waals surface area contributed by atoms with Crippen molar-refractivity contribution in [3.05, 3.63) is 33.5 Å². The summed E-state index contributed by atoms with van der Waals surface area (Å²) in [6, 6.07) is 0. The first kappa shape index (κ1) is 15.6. The SMILES string of the molecule is CCCCn1ncc(Nc2cn(C)nc2CC)c(Cl)c1=O. The number of hydrogen-bond donors (Lipinski definition) is 1. The molecule has 2 rings (SSSR count). The number of anilines is 2. The van der Waals surface area contributed by atoms with Gasteiger partial charge in [-0.1, -0.05) is 31.9 Å². The lowest BCUT2D eigenvalue weighted by Gasteiger charge is -2.09. The van der Waals surface area contributed by atoms with Crippen molar-refractivity contribution in [2.75, 3.05) is 5.32 Å². The lowest BCUT2D eigenvalue weighted by atomic mass is 10.3. The number of halogens is 1. The molecule has 0 aromatic carbocycles. The summed E-state index contributed by atoms with van der Waals surface area (Å²) in [5.41, 5.74) is 2.01. The monoisotopic (exact) mass is 309 g/mol. The molecule has 0 radical (unpaired) electrons. The van der Waals surface area contributed by atoms with Gasteiger partial charge in [0.2, 0.25) is 0 Å². The first-order chi connectivity index (χ1) is 10.1. The molecule has 2 heterocycles. The van der Waals surface area contributed by atoms with Gasteiger partial charge in [-0.25, -0.2) is 4.68 Å². The molecule has 0 saturated heterocycles. The predicted molar refractivity (Wildman–Crippen MR) is 84.3 cm³/mol. The summed E-state index contributed by atoms with van der Waals surface area (Å²) in [5.74, 6) is 0. The van der Waals surface area contributed by atoms with E-state index in [4.69, 9.17) is 11.6 Å². The van der Waals surface area contributed by atoms with Gasteiger partial charge in [0.25, 0.3) is 5.56 Å². The zero-order valence-corrected chi connectivity index (χ0v) is 13.3. The van der Waals surface area contributed by atoms with Crippen LogP contribution in [0.3, 0.4) is 0 Å². The van der Waals surface area contributed by atoms with E-state index in [0.717, 1.165) is 30.6 Å². The van der Waals surface area contributed by atoms with Crippen LogP contribution in [0.15, 0.2) is 17.2 Å². The van der Waals surface area contributed by atoms with Crippen molar-refractivity contribution in [3.63, 3.8) is 0 Å². The van der Waals surface area contributed by atoms with Crippen molar-refractivity contribution in [1.82, 2.24) is 19.6 Å². The Morgan fingerprint density at radius 2 is 2.10 bits per heavy atom. The van der Waals surface area contributed by atoms with Crippen molar-refractivity contribution in [2.24, 2.45) is 7.05 Å². The number of aromatic nitrogens is 4. The number of rotatable bonds is 6. The van der Waals surface area contributed by atoms with E-state index in [-0.39, 0.29) is 10.6 Å². The number of hydrogen-bond acceptors (Lipinski definition) is 4. The molecule has 21 heavy (non-hydrogen) atoms. The summed E-state index contributed by atoms with van der Waals surface area (Å²) in [6.45, 7) is 4.68. The lowest BCUT2D eigenvalue weighted by Crippen LogP contribution is -2.24. The number of aryl methyl sites for hydroxylation is 3. The third-order valence-electron chi connectivity index (χ3n) is 3.22. The van der Waals surface area contributed by atoms with Crippen molar-refractivity contribution in [2.45, 2.75) is 39.7 Å². The molecular weight excluding hydrogens is 290 g/mol. The highest BCUT2D eigenvalue weighted by atomic mass is 35.5. The molecule has 114 valence electrons. The van der Waals surface area contributed by atoms with Gasteiger partial charge in [-0.15, -0.1) is 0 Å². The fourth-order valence-corrected chi connectivity index (χ4v) is 2.26. The van der Waals surface area contributed by atoms with Gasteiger partial charge in [0.05, 0.1) is 23.3 Å². The van der Waals surface area contributed by atoms with Crippen molar-refractivity contribution in [1.29, 1.82) is 0 Å². The van der Waals surface area contributed by atoms with Crippen LogP contribution in [0.25, 0.3) is 0 Å². The molecule has 0 saturated carbocycles. The maximum Gasteiger partial charge on any atom is 0.287 e. The normalized spacial score (nSPS) is 10.9. The molecule has 2 aromatic rings. The molecule has 0 atom stereocenters. The highest BCUT2D eigenvalue weighted by Crippen LogP contribution is 2.23. The van der Waals surface area contributed by atoms with Gasteiger partial charge >= 0.3 is 0 Å². The molecule has 2 aromatic heterocycles. The maximum absolute atomic E-state index is 12.2. The third kappa shape index (κ3) is 3.44. The first-order valence-electron chi connectivity index (χ1n) is 7.12.